The molecule has 2 saturated carbocycles. The molecule has 2 aliphatic heterocycles. The first kappa shape index (κ1) is 23.6. The molecule has 8 nitrogen and oxygen atoms in total. The molecule has 0 radical (unpaired) electrons. The van der Waals surface area contributed by atoms with Crippen LogP contribution < -0.4 is 4.72 Å². The third kappa shape index (κ3) is 4.33. The van der Waals surface area contributed by atoms with E-state index in [1.807, 2.05) is 35.3 Å². The van der Waals surface area contributed by atoms with Crippen LogP contribution in [0, 0.1) is 6.92 Å². The molecular weight excluding hydrogens is 528 g/mol. The number of hydrogen-bond donors (Lipinski definition) is 1. The highest BCUT2D eigenvalue weighted by molar-refractivity contribution is 7.90. The van der Waals surface area contributed by atoms with Crippen LogP contribution in [0.15, 0.2) is 52.7 Å². The number of benzene rings is 1. The highest BCUT2D eigenvalue weighted by Crippen LogP contribution is 2.47. The first-order valence-corrected chi connectivity index (χ1v) is 15.5. The lowest BCUT2D eigenvalue weighted by molar-refractivity contribution is 0.517. The molecule has 0 unspecified atom stereocenters. The molecule has 2 atom stereocenters. The van der Waals surface area contributed by atoms with Crippen molar-refractivity contribution in [1.82, 2.24) is 24.4 Å². The lowest BCUT2D eigenvalue weighted by Crippen LogP contribution is -2.40. The summed E-state index contributed by atoms with van der Waals surface area (Å²) in [6, 6.07) is 7.95. The number of halogens is 1. The fourth-order valence-corrected chi connectivity index (χ4v) is 7.85. The van der Waals surface area contributed by atoms with E-state index < -0.39 is 10.0 Å². The Morgan fingerprint density at radius 2 is 2.00 bits per heavy atom. The van der Waals surface area contributed by atoms with Crippen LogP contribution in [0.25, 0.3) is 5.57 Å². The Balaban J connectivity index is 1.38. The van der Waals surface area contributed by atoms with Crippen LogP contribution in [-0.2, 0) is 10.0 Å². The van der Waals surface area contributed by atoms with Crippen molar-refractivity contribution in [3.05, 3.63) is 74.6 Å². The largest absolute Gasteiger partial charge is 0.326 e. The van der Waals surface area contributed by atoms with E-state index in [0.29, 0.717) is 24.0 Å². The van der Waals surface area contributed by atoms with Crippen LogP contribution in [0.4, 0.5) is 0 Å². The van der Waals surface area contributed by atoms with E-state index in [4.69, 9.17) is 21.7 Å². The van der Waals surface area contributed by atoms with E-state index in [1.54, 1.807) is 6.20 Å². The first-order chi connectivity index (χ1) is 17.9. The second kappa shape index (κ2) is 8.76. The van der Waals surface area contributed by atoms with E-state index in [0.717, 1.165) is 64.6 Å². The highest BCUT2D eigenvalue weighted by Gasteiger charge is 2.44. The van der Waals surface area contributed by atoms with Crippen LogP contribution in [0.5, 0.6) is 0 Å². The second-order valence-electron chi connectivity index (χ2n) is 10.4. The molecule has 0 spiro atoms. The molecule has 4 heterocycles. The van der Waals surface area contributed by atoms with Gasteiger partial charge in [-0.3, -0.25) is 9.67 Å². The Kier molecular flexibility index (Phi) is 5.58. The number of nitrogens with one attached hydrogen (secondary N) is 1. The molecule has 1 N–H and O–H groups in total. The van der Waals surface area contributed by atoms with Crippen LogP contribution in [0.2, 0.25) is 5.02 Å². The Morgan fingerprint density at radius 1 is 1.16 bits per heavy atom. The molecule has 7 rings (SSSR count). The number of aromatic nitrogens is 3. The van der Waals surface area contributed by atoms with Crippen LogP contribution >= 0.6 is 22.9 Å². The van der Waals surface area contributed by atoms with E-state index in [-0.39, 0.29) is 17.3 Å². The number of sulfonamides is 1. The molecule has 0 amide bonds. The molecule has 0 bridgehead atoms. The predicted octanol–water partition coefficient (Wildman–Crippen LogP) is 4.71. The van der Waals surface area contributed by atoms with Gasteiger partial charge in [0.05, 0.1) is 17.0 Å². The third-order valence-electron chi connectivity index (χ3n) is 7.43. The Labute approximate surface area is 225 Å². The molecule has 2 aliphatic carbocycles. The van der Waals surface area contributed by atoms with Gasteiger partial charge in [-0.1, -0.05) is 23.7 Å². The van der Waals surface area contributed by atoms with Crippen molar-refractivity contribution in [3.8, 4) is 0 Å². The lowest BCUT2D eigenvalue weighted by atomic mass is 9.92. The average molecular weight is 555 g/mol. The third-order valence-corrected chi connectivity index (χ3v) is 10.5. The van der Waals surface area contributed by atoms with Gasteiger partial charge < -0.3 is 4.90 Å². The zero-order valence-corrected chi connectivity index (χ0v) is 22.7. The molecule has 3 fully saturated rings. The zero-order chi connectivity index (χ0) is 25.3. The number of fused-ring (bicyclic) bond motifs is 1. The maximum Gasteiger partial charge on any atom is 0.214 e. The predicted molar refractivity (Wildman–Crippen MR) is 145 cm³/mol. The molecule has 192 valence electrons. The van der Waals surface area contributed by atoms with Gasteiger partial charge in [0.2, 0.25) is 10.0 Å². The summed E-state index contributed by atoms with van der Waals surface area (Å²) in [6.07, 6.45) is 8.13. The van der Waals surface area contributed by atoms with Crippen LogP contribution in [0.1, 0.15) is 66.0 Å². The number of rotatable bonds is 7. The zero-order valence-electron chi connectivity index (χ0n) is 20.3. The maximum absolute atomic E-state index is 12.8. The fourth-order valence-electron chi connectivity index (χ4n) is 5.30. The Bertz CT molecular complexity index is 1540. The summed E-state index contributed by atoms with van der Waals surface area (Å²) < 4.78 is 30.7. The molecule has 3 aromatic rings. The van der Waals surface area contributed by atoms with E-state index in [2.05, 4.69) is 26.7 Å². The quantitative estimate of drug-likeness (QED) is 0.457. The second-order valence-corrected chi connectivity index (χ2v) is 13.7. The number of hydrogen-bond acceptors (Lipinski definition) is 7. The maximum atomic E-state index is 12.8. The van der Waals surface area contributed by atoms with Gasteiger partial charge in [0.15, 0.2) is 10.8 Å². The minimum Gasteiger partial charge on any atom is -0.326 e. The number of amidine groups is 1. The van der Waals surface area contributed by atoms with Gasteiger partial charge in [-0.2, -0.15) is 5.10 Å². The Hall–Kier alpha value is -2.53. The molecule has 11 heteroatoms. The van der Waals surface area contributed by atoms with E-state index in [1.165, 1.54) is 11.3 Å². The minimum atomic E-state index is -3.34. The Morgan fingerprint density at radius 3 is 2.70 bits per heavy atom. The molecule has 4 aliphatic rings. The van der Waals surface area contributed by atoms with Crippen molar-refractivity contribution in [2.24, 2.45) is 4.99 Å². The number of aryl methyl sites for hydroxylation is 1. The summed E-state index contributed by atoms with van der Waals surface area (Å²) in [5.74, 6) is 0.755. The molecule has 2 aromatic heterocycles. The summed E-state index contributed by atoms with van der Waals surface area (Å²) in [4.78, 5) is 12.0. The SMILES string of the molecule is Cc1ccc([C@@H]2N=C(c3nccs3)N3C[C@@H](NS(=O)(=O)C4CC4)CC3=C2c2ccn(C3CC3)n2)c(Cl)c1. The highest BCUT2D eigenvalue weighted by atomic mass is 35.5. The average Bonchev–Trinajstić information content (AvgIpc) is 3.75. The topological polar surface area (TPSA) is 92.5 Å². The van der Waals surface area contributed by atoms with E-state index in [9.17, 15) is 8.42 Å². The van der Waals surface area contributed by atoms with Crippen molar-refractivity contribution >= 4 is 44.4 Å². The van der Waals surface area contributed by atoms with Crippen molar-refractivity contribution in [2.75, 3.05) is 6.54 Å². The number of thiazole rings is 1. The monoisotopic (exact) mass is 554 g/mol. The fraction of sp³-hybridized carbons (Fsp3) is 0.423. The van der Waals surface area contributed by atoms with Gasteiger partial charge in [0, 0.05) is 53.1 Å². The molecular formula is C26H27ClN6O2S2. The first-order valence-electron chi connectivity index (χ1n) is 12.7. The normalized spacial score (nSPS) is 23.9. The van der Waals surface area contributed by atoms with Crippen molar-refractivity contribution in [1.29, 1.82) is 0 Å². The summed E-state index contributed by atoms with van der Waals surface area (Å²) >= 11 is 8.35. The summed E-state index contributed by atoms with van der Waals surface area (Å²) in [6.45, 7) is 2.52. The molecule has 1 saturated heterocycles. The standard InChI is InChI=1S/C26H27ClN6O2S2/c1-15-2-7-19(20(27)12-15)24-23(21-8-10-33(30-21)17-3-4-17)22-13-16(31-37(34,35)18-5-6-18)14-32(22)25(29-24)26-28-9-11-36-26/h2,7-12,16-18,24,31H,3-6,13-14H2,1H3/t16-,24-/m0/s1. The van der Waals surface area contributed by atoms with Crippen molar-refractivity contribution in [2.45, 2.75) is 62.4 Å². The van der Waals surface area contributed by atoms with Gasteiger partial charge in [-0.25, -0.2) is 18.1 Å². The van der Waals surface area contributed by atoms with E-state index >= 15 is 0 Å². The van der Waals surface area contributed by atoms with Gasteiger partial charge in [0.25, 0.3) is 0 Å². The minimum absolute atomic E-state index is 0.251. The summed E-state index contributed by atoms with van der Waals surface area (Å²) in [7, 11) is -3.34. The number of aliphatic imine (C=N–C) groups is 1. The van der Waals surface area contributed by atoms with Gasteiger partial charge in [0.1, 0.15) is 6.04 Å². The van der Waals surface area contributed by atoms with Crippen molar-refractivity contribution in [3.63, 3.8) is 0 Å². The van der Waals surface area contributed by atoms with Gasteiger partial charge in [-0.15, -0.1) is 11.3 Å². The van der Waals surface area contributed by atoms with Gasteiger partial charge in [-0.05, 0) is 55.9 Å². The van der Waals surface area contributed by atoms with Crippen molar-refractivity contribution < 1.29 is 8.42 Å². The summed E-state index contributed by atoms with van der Waals surface area (Å²) in [5.41, 5.74) is 4.87. The smallest absolute Gasteiger partial charge is 0.214 e. The van der Waals surface area contributed by atoms with Crippen LogP contribution in [0.3, 0.4) is 0 Å². The van der Waals surface area contributed by atoms with Gasteiger partial charge >= 0.3 is 0 Å². The van der Waals surface area contributed by atoms with Crippen LogP contribution in [-0.4, -0.2) is 51.8 Å². The number of nitrogens with zero attached hydrogens (tertiary/aromatic N) is 5. The lowest BCUT2D eigenvalue weighted by Gasteiger charge is -2.32. The summed E-state index contributed by atoms with van der Waals surface area (Å²) in [5, 5.41) is 8.11. The molecule has 1 aromatic carbocycles. The molecule has 37 heavy (non-hydrogen) atoms.